The van der Waals surface area contributed by atoms with Gasteiger partial charge in [0.2, 0.25) is 0 Å². The highest BCUT2D eigenvalue weighted by atomic mass is 14.6. The first kappa shape index (κ1) is 8.97. The Kier molecular flexibility index (Phi) is 3.02. The van der Waals surface area contributed by atoms with Crippen LogP contribution in [-0.4, -0.2) is 0 Å². The smallest absolute Gasteiger partial charge is 0.0478 e. The number of rotatable bonds is 3. The van der Waals surface area contributed by atoms with E-state index in [2.05, 4.69) is 6.58 Å². The third kappa shape index (κ3) is 1.94. The van der Waals surface area contributed by atoms with Gasteiger partial charge in [-0.3, -0.25) is 0 Å². The van der Waals surface area contributed by atoms with Gasteiger partial charge in [0.15, 0.2) is 0 Å². The molecule has 2 heteroatoms. The maximum absolute atomic E-state index is 5.74. The quantitative estimate of drug-likeness (QED) is 0.659. The maximum Gasteiger partial charge on any atom is 0.0478 e. The van der Waals surface area contributed by atoms with Crippen LogP contribution in [0.25, 0.3) is 0 Å². The minimum atomic E-state index is -0.0724. The summed E-state index contributed by atoms with van der Waals surface area (Å²) in [7, 11) is 0. The molecule has 1 aromatic rings. The lowest BCUT2D eigenvalue weighted by molar-refractivity contribution is 0.911. The summed E-state index contributed by atoms with van der Waals surface area (Å²) in [6.45, 7) is 4.20. The van der Waals surface area contributed by atoms with Crippen LogP contribution in [0.4, 0.5) is 0 Å². The molecule has 1 rings (SSSR count). The van der Waals surface area contributed by atoms with E-state index in [1.165, 1.54) is 0 Å². The first-order valence-corrected chi connectivity index (χ1v) is 3.95. The van der Waals surface area contributed by atoms with Crippen LogP contribution in [0.5, 0.6) is 0 Å². The van der Waals surface area contributed by atoms with E-state index in [1.54, 1.807) is 6.08 Å². The van der Waals surface area contributed by atoms with Crippen molar-refractivity contribution in [2.75, 3.05) is 0 Å². The second-order valence-corrected chi connectivity index (χ2v) is 2.71. The first-order chi connectivity index (χ1) is 5.77. The van der Waals surface area contributed by atoms with Crippen molar-refractivity contribution in [2.24, 2.45) is 11.5 Å². The van der Waals surface area contributed by atoms with E-state index in [0.717, 1.165) is 11.1 Å². The molecule has 0 bridgehead atoms. The molecule has 0 fully saturated rings. The van der Waals surface area contributed by atoms with Crippen molar-refractivity contribution in [3.63, 3.8) is 0 Å². The molecule has 0 aliphatic rings. The van der Waals surface area contributed by atoms with Gasteiger partial charge in [0.05, 0.1) is 0 Å². The Hall–Kier alpha value is -1.12. The Bertz CT molecular complexity index is 251. The topological polar surface area (TPSA) is 52.0 Å². The molecule has 4 N–H and O–H groups in total. The lowest BCUT2D eigenvalue weighted by Crippen LogP contribution is -2.06. The molecule has 0 aliphatic carbocycles. The van der Waals surface area contributed by atoms with Crippen LogP contribution in [-0.2, 0) is 6.54 Å². The highest BCUT2D eigenvalue weighted by molar-refractivity contribution is 5.26. The summed E-state index contributed by atoms with van der Waals surface area (Å²) >= 11 is 0. The monoisotopic (exact) mass is 162 g/mol. The molecule has 1 unspecified atom stereocenters. The van der Waals surface area contributed by atoms with E-state index < -0.39 is 0 Å². The van der Waals surface area contributed by atoms with Crippen LogP contribution in [0.2, 0.25) is 0 Å². The standard InChI is InChI=1S/C10H14N2/c1-2-10(12)9-5-3-8(7-11)4-6-9/h2-6,10H,1,7,11-12H2. The van der Waals surface area contributed by atoms with Gasteiger partial charge in [0.25, 0.3) is 0 Å². The van der Waals surface area contributed by atoms with E-state index in [0.29, 0.717) is 6.54 Å². The minimum absolute atomic E-state index is 0.0724. The Morgan fingerprint density at radius 2 is 1.92 bits per heavy atom. The molecular formula is C10H14N2. The molecule has 1 aromatic carbocycles. The summed E-state index contributed by atoms with van der Waals surface area (Å²) in [5.74, 6) is 0. The maximum atomic E-state index is 5.74. The van der Waals surface area contributed by atoms with Crippen LogP contribution >= 0.6 is 0 Å². The zero-order chi connectivity index (χ0) is 8.97. The van der Waals surface area contributed by atoms with Crippen molar-refractivity contribution < 1.29 is 0 Å². The Morgan fingerprint density at radius 3 is 2.33 bits per heavy atom. The number of hydrogen-bond donors (Lipinski definition) is 2. The molecule has 0 aliphatic heterocycles. The second kappa shape index (κ2) is 4.04. The van der Waals surface area contributed by atoms with Crippen LogP contribution < -0.4 is 11.5 Å². The van der Waals surface area contributed by atoms with Gasteiger partial charge in [-0.05, 0) is 11.1 Å². The van der Waals surface area contributed by atoms with Gasteiger partial charge in [-0.2, -0.15) is 0 Å². The summed E-state index contributed by atoms with van der Waals surface area (Å²) in [6, 6.07) is 7.86. The zero-order valence-corrected chi connectivity index (χ0v) is 7.03. The molecule has 0 saturated heterocycles. The van der Waals surface area contributed by atoms with E-state index in [9.17, 15) is 0 Å². The van der Waals surface area contributed by atoms with E-state index in [1.807, 2.05) is 24.3 Å². The summed E-state index contributed by atoms with van der Waals surface area (Å²) in [5, 5.41) is 0. The molecule has 0 heterocycles. The number of hydrogen-bond acceptors (Lipinski definition) is 2. The van der Waals surface area contributed by atoms with Gasteiger partial charge in [-0.1, -0.05) is 30.3 Å². The van der Waals surface area contributed by atoms with Gasteiger partial charge in [0.1, 0.15) is 0 Å². The van der Waals surface area contributed by atoms with Crippen molar-refractivity contribution in [1.29, 1.82) is 0 Å². The third-order valence-corrected chi connectivity index (χ3v) is 1.85. The van der Waals surface area contributed by atoms with Gasteiger partial charge < -0.3 is 11.5 Å². The van der Waals surface area contributed by atoms with Gasteiger partial charge in [0, 0.05) is 12.6 Å². The molecular weight excluding hydrogens is 148 g/mol. The number of benzene rings is 1. The normalized spacial score (nSPS) is 12.5. The Morgan fingerprint density at radius 1 is 1.33 bits per heavy atom. The average molecular weight is 162 g/mol. The molecule has 0 amide bonds. The SMILES string of the molecule is C=CC(N)c1ccc(CN)cc1. The zero-order valence-electron chi connectivity index (χ0n) is 7.03. The molecule has 64 valence electrons. The van der Waals surface area contributed by atoms with Gasteiger partial charge in [-0.15, -0.1) is 6.58 Å². The fraction of sp³-hybridized carbons (Fsp3) is 0.200. The molecule has 0 saturated carbocycles. The van der Waals surface area contributed by atoms with Crippen LogP contribution in [0.1, 0.15) is 17.2 Å². The fourth-order valence-corrected chi connectivity index (χ4v) is 1.01. The Balaban J connectivity index is 2.84. The van der Waals surface area contributed by atoms with Crippen molar-refractivity contribution in [1.82, 2.24) is 0 Å². The molecule has 2 nitrogen and oxygen atoms in total. The lowest BCUT2D eigenvalue weighted by atomic mass is 10.1. The highest BCUT2D eigenvalue weighted by Gasteiger charge is 1.99. The van der Waals surface area contributed by atoms with Crippen LogP contribution in [0.15, 0.2) is 36.9 Å². The van der Waals surface area contributed by atoms with Crippen LogP contribution in [0, 0.1) is 0 Å². The van der Waals surface area contributed by atoms with Crippen molar-refractivity contribution in [3.8, 4) is 0 Å². The Labute approximate surface area is 72.9 Å². The summed E-state index contributed by atoms with van der Waals surface area (Å²) < 4.78 is 0. The van der Waals surface area contributed by atoms with E-state index in [4.69, 9.17) is 11.5 Å². The minimum Gasteiger partial charge on any atom is -0.326 e. The predicted molar refractivity (Wildman–Crippen MR) is 51.5 cm³/mol. The van der Waals surface area contributed by atoms with E-state index in [-0.39, 0.29) is 6.04 Å². The average Bonchev–Trinajstić information content (AvgIpc) is 2.17. The van der Waals surface area contributed by atoms with Gasteiger partial charge in [-0.25, -0.2) is 0 Å². The van der Waals surface area contributed by atoms with E-state index >= 15 is 0 Å². The third-order valence-electron chi connectivity index (χ3n) is 1.85. The predicted octanol–water partition coefficient (Wildman–Crippen LogP) is 1.33. The highest BCUT2D eigenvalue weighted by Crippen LogP contribution is 2.11. The molecule has 0 radical (unpaired) electrons. The summed E-state index contributed by atoms with van der Waals surface area (Å²) in [4.78, 5) is 0. The van der Waals surface area contributed by atoms with Gasteiger partial charge >= 0.3 is 0 Å². The molecule has 0 spiro atoms. The molecule has 12 heavy (non-hydrogen) atoms. The molecule has 1 atom stereocenters. The fourth-order valence-electron chi connectivity index (χ4n) is 1.01. The lowest BCUT2D eigenvalue weighted by Gasteiger charge is -2.06. The number of nitrogens with two attached hydrogens (primary N) is 2. The largest absolute Gasteiger partial charge is 0.326 e. The summed E-state index contributed by atoms with van der Waals surface area (Å²) in [5.41, 5.74) is 13.4. The van der Waals surface area contributed by atoms with Crippen molar-refractivity contribution in [3.05, 3.63) is 48.0 Å². The van der Waals surface area contributed by atoms with Crippen LogP contribution in [0.3, 0.4) is 0 Å². The molecule has 0 aromatic heterocycles. The summed E-state index contributed by atoms with van der Waals surface area (Å²) in [6.07, 6.45) is 1.72. The van der Waals surface area contributed by atoms with Crippen molar-refractivity contribution >= 4 is 0 Å². The second-order valence-electron chi connectivity index (χ2n) is 2.71. The van der Waals surface area contributed by atoms with Crippen molar-refractivity contribution in [2.45, 2.75) is 12.6 Å². The first-order valence-electron chi connectivity index (χ1n) is 3.95.